The molecule has 1 fully saturated rings. The number of benzene rings is 2. The Labute approximate surface area is 252 Å². The van der Waals surface area contributed by atoms with Crippen LogP contribution in [0.2, 0.25) is 0 Å². The zero-order valence-corrected chi connectivity index (χ0v) is 25.4. The maximum atomic E-state index is 13.9. The van der Waals surface area contributed by atoms with E-state index in [1.807, 2.05) is 54.5 Å². The van der Waals surface area contributed by atoms with Gasteiger partial charge in [-0.25, -0.2) is 4.98 Å². The van der Waals surface area contributed by atoms with E-state index in [4.69, 9.17) is 10.2 Å². The molecule has 0 radical (unpaired) electrons. The summed E-state index contributed by atoms with van der Waals surface area (Å²) in [5, 5.41) is 10.1. The third kappa shape index (κ3) is 6.09. The summed E-state index contributed by atoms with van der Waals surface area (Å²) >= 11 is 1.52. The van der Waals surface area contributed by atoms with Gasteiger partial charge in [-0.3, -0.25) is 4.79 Å². The van der Waals surface area contributed by atoms with Crippen LogP contribution < -0.4 is 5.73 Å². The van der Waals surface area contributed by atoms with Crippen LogP contribution in [0.15, 0.2) is 75.7 Å². The first-order valence-corrected chi connectivity index (χ1v) is 15.5. The molecular formula is C35H36N4O2S. The van der Waals surface area contributed by atoms with Gasteiger partial charge in [-0.2, -0.15) is 5.26 Å². The molecule has 214 valence electrons. The van der Waals surface area contributed by atoms with Gasteiger partial charge >= 0.3 is 0 Å². The maximum absolute atomic E-state index is 13.9. The second-order valence-electron chi connectivity index (χ2n) is 11.3. The molecule has 2 N–H and O–H groups in total. The quantitative estimate of drug-likeness (QED) is 0.234. The smallest absolute Gasteiger partial charge is 0.254 e. The van der Waals surface area contributed by atoms with E-state index in [-0.39, 0.29) is 11.9 Å². The van der Waals surface area contributed by atoms with Gasteiger partial charge in [0.05, 0.1) is 23.3 Å². The molecule has 2 aliphatic rings. The summed E-state index contributed by atoms with van der Waals surface area (Å²) in [5.74, 6) is 7.49. The molecule has 5 rings (SSSR count). The molecular weight excluding hydrogens is 540 g/mol. The first kappa shape index (κ1) is 29.5. The lowest BCUT2D eigenvalue weighted by Gasteiger charge is -2.24. The van der Waals surface area contributed by atoms with Crippen molar-refractivity contribution >= 4 is 17.7 Å². The van der Waals surface area contributed by atoms with Gasteiger partial charge in [-0.05, 0) is 87.1 Å². The standard InChI is InChI=1S/C35H36N4O2S/c1-5-9-28-12-8-15-39(28)34(40)27-18-25(29-13-7-14-31(42-4)30(29)21-36)17-26(19-27)33-38-22-32(41-33)35(3,37)20-24-11-6-10-23(2)16-24/h6-7,11,13-14,16-19,22-23,28H,8,10,12,15,20,37H2,1-4H3/t23?,28?,35-/m1/s1. The van der Waals surface area contributed by atoms with Crippen LogP contribution in [0.25, 0.3) is 22.6 Å². The number of nitriles is 1. The fraction of sp³-hybridized carbons (Fsp3) is 0.343. The van der Waals surface area contributed by atoms with Crippen molar-refractivity contribution in [1.29, 1.82) is 5.26 Å². The summed E-state index contributed by atoms with van der Waals surface area (Å²) < 4.78 is 6.31. The zero-order valence-electron chi connectivity index (χ0n) is 24.6. The Morgan fingerprint density at radius 1 is 1.29 bits per heavy atom. The molecule has 1 aliphatic heterocycles. The number of aromatic nitrogens is 1. The van der Waals surface area contributed by atoms with Crippen molar-refractivity contribution in [3.05, 3.63) is 83.3 Å². The van der Waals surface area contributed by atoms with Gasteiger partial charge in [0, 0.05) is 28.1 Å². The average Bonchev–Trinajstić information content (AvgIpc) is 3.67. The second kappa shape index (κ2) is 12.4. The number of allylic oxidation sites excluding steroid dienone is 3. The fourth-order valence-electron chi connectivity index (χ4n) is 5.80. The van der Waals surface area contributed by atoms with Crippen LogP contribution >= 0.6 is 11.8 Å². The summed E-state index contributed by atoms with van der Waals surface area (Å²) in [6.07, 6.45) is 13.6. The highest BCUT2D eigenvalue weighted by molar-refractivity contribution is 7.98. The van der Waals surface area contributed by atoms with Gasteiger partial charge in [0.25, 0.3) is 5.91 Å². The van der Waals surface area contributed by atoms with E-state index in [1.165, 1.54) is 17.3 Å². The van der Waals surface area contributed by atoms with E-state index >= 15 is 0 Å². The van der Waals surface area contributed by atoms with Gasteiger partial charge < -0.3 is 15.1 Å². The predicted molar refractivity (Wildman–Crippen MR) is 169 cm³/mol. The lowest BCUT2D eigenvalue weighted by atomic mass is 9.87. The van der Waals surface area contributed by atoms with E-state index < -0.39 is 5.54 Å². The summed E-state index contributed by atoms with van der Waals surface area (Å²) in [7, 11) is 0. The number of carbonyl (C=O) groups excluding carboxylic acids is 1. The monoisotopic (exact) mass is 576 g/mol. The highest BCUT2D eigenvalue weighted by atomic mass is 32.2. The van der Waals surface area contributed by atoms with E-state index in [9.17, 15) is 10.1 Å². The predicted octanol–water partition coefficient (Wildman–Crippen LogP) is 7.32. The van der Waals surface area contributed by atoms with Crippen LogP contribution in [0, 0.1) is 29.1 Å². The molecule has 3 aromatic rings. The van der Waals surface area contributed by atoms with Crippen LogP contribution in [0.1, 0.15) is 68.1 Å². The Kier molecular flexibility index (Phi) is 8.73. The van der Waals surface area contributed by atoms with Gasteiger partial charge in [-0.15, -0.1) is 17.7 Å². The van der Waals surface area contributed by atoms with Crippen LogP contribution in [-0.2, 0) is 5.54 Å². The van der Waals surface area contributed by atoms with Crippen molar-refractivity contribution in [2.45, 2.75) is 62.9 Å². The first-order valence-electron chi connectivity index (χ1n) is 14.3. The number of hydrogen-bond donors (Lipinski definition) is 1. The minimum atomic E-state index is -0.767. The average molecular weight is 577 g/mol. The number of nitrogens with zero attached hydrogens (tertiary/aromatic N) is 3. The van der Waals surface area contributed by atoms with Crippen molar-refractivity contribution in [2.24, 2.45) is 11.7 Å². The molecule has 0 saturated carbocycles. The number of amides is 1. The molecule has 0 bridgehead atoms. The summed E-state index contributed by atoms with van der Waals surface area (Å²) in [6, 6.07) is 13.6. The topological polar surface area (TPSA) is 96.2 Å². The zero-order chi connectivity index (χ0) is 29.9. The van der Waals surface area contributed by atoms with E-state index in [0.717, 1.165) is 35.3 Å². The number of hydrogen-bond acceptors (Lipinski definition) is 6. The summed E-state index contributed by atoms with van der Waals surface area (Å²) in [4.78, 5) is 21.2. The normalized spacial score (nSPS) is 19.4. The Morgan fingerprint density at radius 2 is 2.10 bits per heavy atom. The van der Waals surface area contributed by atoms with Crippen molar-refractivity contribution in [3.63, 3.8) is 0 Å². The molecule has 1 aliphatic carbocycles. The van der Waals surface area contributed by atoms with E-state index in [1.54, 1.807) is 13.1 Å². The van der Waals surface area contributed by atoms with Crippen LogP contribution in [0.3, 0.4) is 0 Å². The molecule has 2 heterocycles. The maximum Gasteiger partial charge on any atom is 0.254 e. The fourth-order valence-corrected chi connectivity index (χ4v) is 6.38. The molecule has 6 nitrogen and oxygen atoms in total. The SMILES string of the molecule is CC#CC1CCCN1C(=O)c1cc(-c2ncc([C@](C)(N)CC3=CC(C)CC=C3)o2)cc(-c2cccc(SC)c2C#N)c1. The van der Waals surface area contributed by atoms with Crippen molar-refractivity contribution in [1.82, 2.24) is 9.88 Å². The first-order chi connectivity index (χ1) is 20.2. The summed E-state index contributed by atoms with van der Waals surface area (Å²) in [6.45, 7) is 6.60. The van der Waals surface area contributed by atoms with Crippen LogP contribution in [-0.4, -0.2) is 34.6 Å². The molecule has 1 saturated heterocycles. The highest BCUT2D eigenvalue weighted by Gasteiger charge is 2.30. The Hall–Kier alpha value is -4.04. The van der Waals surface area contributed by atoms with Crippen LogP contribution in [0.5, 0.6) is 0 Å². The molecule has 1 amide bonds. The number of carbonyl (C=O) groups is 1. The molecule has 2 aromatic carbocycles. The number of rotatable bonds is 7. The molecule has 1 aromatic heterocycles. The summed E-state index contributed by atoms with van der Waals surface area (Å²) in [5.41, 5.74) is 10.4. The van der Waals surface area contributed by atoms with Crippen LogP contribution in [0.4, 0.5) is 0 Å². The minimum Gasteiger partial charge on any atom is -0.439 e. The number of nitrogens with two attached hydrogens (primary N) is 1. The van der Waals surface area contributed by atoms with Crippen molar-refractivity contribution in [2.75, 3.05) is 12.8 Å². The minimum absolute atomic E-state index is 0.0940. The lowest BCUT2D eigenvalue weighted by Crippen LogP contribution is -2.34. The van der Waals surface area contributed by atoms with Gasteiger partial charge in [0.15, 0.2) is 0 Å². The molecule has 3 atom stereocenters. The van der Waals surface area contributed by atoms with E-state index in [2.05, 4.69) is 48.0 Å². The third-order valence-corrected chi connectivity index (χ3v) is 8.68. The van der Waals surface area contributed by atoms with Gasteiger partial charge in [-0.1, -0.05) is 43.2 Å². The highest BCUT2D eigenvalue weighted by Crippen LogP contribution is 2.36. The molecule has 42 heavy (non-hydrogen) atoms. The van der Waals surface area contributed by atoms with Crippen molar-refractivity contribution in [3.8, 4) is 40.5 Å². The number of thioether (sulfide) groups is 1. The molecule has 0 spiro atoms. The number of likely N-dealkylation sites (tertiary alicyclic amines) is 1. The Balaban J connectivity index is 1.58. The van der Waals surface area contributed by atoms with E-state index in [0.29, 0.717) is 47.2 Å². The van der Waals surface area contributed by atoms with Crippen molar-refractivity contribution < 1.29 is 9.21 Å². The third-order valence-electron chi connectivity index (χ3n) is 7.90. The molecule has 2 unspecified atom stereocenters. The van der Waals surface area contributed by atoms with Gasteiger partial charge in [0.2, 0.25) is 5.89 Å². The Morgan fingerprint density at radius 3 is 2.83 bits per heavy atom. The lowest BCUT2D eigenvalue weighted by molar-refractivity contribution is 0.0766. The largest absolute Gasteiger partial charge is 0.439 e. The second-order valence-corrected chi connectivity index (χ2v) is 12.2. The molecule has 7 heteroatoms. The Bertz CT molecular complexity index is 1660. The number of oxazole rings is 1. The van der Waals surface area contributed by atoms with Gasteiger partial charge in [0.1, 0.15) is 11.8 Å².